The number of nitrogens with one attached hydrogen (secondary N) is 2. The first-order valence-corrected chi connectivity index (χ1v) is 12.1. The molecular weight excluding hydrogens is 459 g/mol. The van der Waals surface area contributed by atoms with Crippen molar-refractivity contribution in [1.29, 1.82) is 0 Å². The van der Waals surface area contributed by atoms with Gasteiger partial charge in [-0.15, -0.1) is 0 Å². The number of unbranched alkanes of at least 4 members (excludes halogenated alkanes) is 2. The number of rotatable bonds is 14. The Bertz CT molecular complexity index is 898. The highest BCUT2D eigenvalue weighted by atomic mass is 19.2. The van der Waals surface area contributed by atoms with Crippen LogP contribution < -0.4 is 10.6 Å². The smallest absolute Gasteiger partial charge is 0.224 e. The summed E-state index contributed by atoms with van der Waals surface area (Å²) in [6.45, 7) is 10.5. The van der Waals surface area contributed by atoms with Crippen molar-refractivity contribution in [3.8, 4) is 0 Å². The molecule has 1 fully saturated rings. The van der Waals surface area contributed by atoms with Crippen molar-refractivity contribution >= 4 is 11.8 Å². The standard InChI is InChI=1S/C26H38F3N3O3/c1-17(35-26(2,3)4)31-20(13-19-14-22(28)23(29)16-21(19)27)15-24(33)32(5)12-8-6-7-11-30-25(34)18-9-10-18/h14,16,18,20,31H,1,6-13,15H2,2-5H3,(H,30,34). The van der Waals surface area contributed by atoms with Crippen LogP contribution in [0.5, 0.6) is 0 Å². The Morgan fingerprint density at radius 1 is 1.11 bits per heavy atom. The quantitative estimate of drug-likeness (QED) is 0.227. The van der Waals surface area contributed by atoms with Crippen LogP contribution in [0.15, 0.2) is 24.6 Å². The van der Waals surface area contributed by atoms with Gasteiger partial charge in [-0.25, -0.2) is 13.2 Å². The molecule has 1 aromatic carbocycles. The number of carbonyl (C=O) groups is 2. The topological polar surface area (TPSA) is 70.7 Å². The summed E-state index contributed by atoms with van der Waals surface area (Å²) in [5.41, 5.74) is -0.588. The van der Waals surface area contributed by atoms with Crippen LogP contribution in [0.2, 0.25) is 0 Å². The predicted molar refractivity (Wildman–Crippen MR) is 129 cm³/mol. The molecule has 9 heteroatoms. The van der Waals surface area contributed by atoms with Crippen molar-refractivity contribution in [2.45, 2.75) is 77.4 Å². The van der Waals surface area contributed by atoms with Crippen LogP contribution in [0.4, 0.5) is 13.2 Å². The average Bonchev–Trinajstić information content (AvgIpc) is 3.58. The van der Waals surface area contributed by atoms with E-state index >= 15 is 0 Å². The summed E-state index contributed by atoms with van der Waals surface area (Å²) < 4.78 is 47.0. The van der Waals surface area contributed by atoms with Gasteiger partial charge in [0, 0.05) is 44.6 Å². The van der Waals surface area contributed by atoms with Gasteiger partial charge in [0.1, 0.15) is 11.4 Å². The number of benzene rings is 1. The van der Waals surface area contributed by atoms with Crippen LogP contribution in [0.25, 0.3) is 0 Å². The fourth-order valence-corrected chi connectivity index (χ4v) is 3.63. The Balaban J connectivity index is 1.88. The predicted octanol–water partition coefficient (Wildman–Crippen LogP) is 4.44. The zero-order chi connectivity index (χ0) is 26.2. The molecule has 1 unspecified atom stereocenters. The van der Waals surface area contributed by atoms with E-state index in [0.717, 1.165) is 38.2 Å². The highest BCUT2D eigenvalue weighted by Gasteiger charge is 2.29. The molecular formula is C26H38F3N3O3. The van der Waals surface area contributed by atoms with E-state index in [4.69, 9.17) is 4.74 Å². The Morgan fingerprint density at radius 3 is 2.40 bits per heavy atom. The molecule has 0 aliphatic heterocycles. The third-order valence-corrected chi connectivity index (χ3v) is 5.61. The van der Waals surface area contributed by atoms with Crippen molar-refractivity contribution in [3.63, 3.8) is 0 Å². The van der Waals surface area contributed by atoms with Crippen molar-refractivity contribution in [1.82, 2.24) is 15.5 Å². The lowest BCUT2D eigenvalue weighted by atomic mass is 10.0. The minimum Gasteiger partial charge on any atom is -0.474 e. The van der Waals surface area contributed by atoms with Crippen LogP contribution in [-0.2, 0) is 20.7 Å². The highest BCUT2D eigenvalue weighted by molar-refractivity contribution is 5.80. The molecule has 6 nitrogen and oxygen atoms in total. The first-order chi connectivity index (χ1) is 16.4. The first-order valence-electron chi connectivity index (χ1n) is 12.1. The maximum atomic E-state index is 14.3. The summed E-state index contributed by atoms with van der Waals surface area (Å²) in [5, 5.41) is 5.91. The molecule has 1 aliphatic rings. The van der Waals surface area contributed by atoms with E-state index in [1.54, 1.807) is 11.9 Å². The molecule has 2 rings (SSSR count). The van der Waals surface area contributed by atoms with E-state index in [2.05, 4.69) is 17.2 Å². The zero-order valence-electron chi connectivity index (χ0n) is 21.2. The van der Waals surface area contributed by atoms with Crippen LogP contribution in [0, 0.1) is 23.4 Å². The van der Waals surface area contributed by atoms with Gasteiger partial charge in [-0.1, -0.05) is 0 Å². The van der Waals surface area contributed by atoms with Gasteiger partial charge in [0.25, 0.3) is 0 Å². The van der Waals surface area contributed by atoms with E-state index in [0.29, 0.717) is 19.2 Å². The van der Waals surface area contributed by atoms with E-state index in [9.17, 15) is 22.8 Å². The summed E-state index contributed by atoms with van der Waals surface area (Å²) in [5.74, 6) is -2.95. The number of nitrogens with zero attached hydrogens (tertiary/aromatic N) is 1. The number of halogens is 3. The Labute approximate surface area is 206 Å². The normalized spacial score (nSPS) is 14.3. The molecule has 0 radical (unpaired) electrons. The Morgan fingerprint density at radius 2 is 1.77 bits per heavy atom. The molecule has 1 aliphatic carbocycles. The molecule has 1 atom stereocenters. The zero-order valence-corrected chi connectivity index (χ0v) is 21.2. The summed E-state index contributed by atoms with van der Waals surface area (Å²) >= 11 is 0. The van der Waals surface area contributed by atoms with Gasteiger partial charge in [-0.3, -0.25) is 9.59 Å². The molecule has 2 amide bonds. The molecule has 1 aromatic rings. The monoisotopic (exact) mass is 497 g/mol. The molecule has 35 heavy (non-hydrogen) atoms. The van der Waals surface area contributed by atoms with Gasteiger partial charge in [-0.2, -0.15) is 0 Å². The summed E-state index contributed by atoms with van der Waals surface area (Å²) in [7, 11) is 1.69. The van der Waals surface area contributed by atoms with Crippen molar-refractivity contribution < 1.29 is 27.5 Å². The van der Waals surface area contributed by atoms with Gasteiger partial charge in [0.2, 0.25) is 11.8 Å². The molecule has 0 heterocycles. The lowest BCUT2D eigenvalue weighted by molar-refractivity contribution is -0.130. The average molecular weight is 498 g/mol. The second kappa shape index (κ2) is 12.8. The minimum atomic E-state index is -1.26. The molecule has 196 valence electrons. The third-order valence-electron chi connectivity index (χ3n) is 5.61. The van der Waals surface area contributed by atoms with Crippen LogP contribution in [0.1, 0.15) is 64.9 Å². The van der Waals surface area contributed by atoms with Gasteiger partial charge in [-0.05, 0) is 77.5 Å². The molecule has 1 saturated carbocycles. The first kappa shape index (κ1) is 28.5. The number of ether oxygens (including phenoxy) is 1. The maximum Gasteiger partial charge on any atom is 0.224 e. The van der Waals surface area contributed by atoms with Crippen LogP contribution in [0.3, 0.4) is 0 Å². The molecule has 0 spiro atoms. The van der Waals surface area contributed by atoms with Crippen LogP contribution >= 0.6 is 0 Å². The van der Waals surface area contributed by atoms with Gasteiger partial charge in [0.05, 0.1) is 0 Å². The second-order valence-electron chi connectivity index (χ2n) is 10.2. The lowest BCUT2D eigenvalue weighted by Crippen LogP contribution is -2.39. The fourth-order valence-electron chi connectivity index (χ4n) is 3.63. The van der Waals surface area contributed by atoms with Gasteiger partial charge >= 0.3 is 0 Å². The Kier molecular flexibility index (Phi) is 10.5. The largest absolute Gasteiger partial charge is 0.474 e. The highest BCUT2D eigenvalue weighted by Crippen LogP contribution is 2.28. The molecule has 0 aromatic heterocycles. The minimum absolute atomic E-state index is 0.0150. The second-order valence-corrected chi connectivity index (χ2v) is 10.2. The SMILES string of the molecule is C=C(NC(CC(=O)N(C)CCCCCNC(=O)C1CC1)Cc1cc(F)c(F)cc1F)OC(C)(C)C. The van der Waals surface area contributed by atoms with Crippen molar-refractivity contribution in [2.24, 2.45) is 5.92 Å². The molecule has 0 bridgehead atoms. The van der Waals surface area contributed by atoms with Gasteiger partial charge in [0.15, 0.2) is 17.5 Å². The summed E-state index contributed by atoms with van der Waals surface area (Å²) in [4.78, 5) is 26.1. The molecule has 2 N–H and O–H groups in total. The number of carbonyl (C=O) groups excluding carboxylic acids is 2. The van der Waals surface area contributed by atoms with E-state index in [1.165, 1.54) is 0 Å². The molecule has 0 saturated heterocycles. The van der Waals surface area contributed by atoms with E-state index in [-0.39, 0.29) is 42.0 Å². The number of hydrogen-bond donors (Lipinski definition) is 2. The van der Waals surface area contributed by atoms with Crippen molar-refractivity contribution in [3.05, 3.63) is 47.6 Å². The van der Waals surface area contributed by atoms with Crippen molar-refractivity contribution in [2.75, 3.05) is 20.1 Å². The maximum absolute atomic E-state index is 14.3. The number of hydrogen-bond acceptors (Lipinski definition) is 4. The summed E-state index contributed by atoms with van der Waals surface area (Å²) in [6, 6.07) is 0.670. The van der Waals surface area contributed by atoms with E-state index in [1.807, 2.05) is 20.8 Å². The number of amides is 2. The van der Waals surface area contributed by atoms with Gasteiger partial charge < -0.3 is 20.3 Å². The Hall–Kier alpha value is -2.71. The summed E-state index contributed by atoms with van der Waals surface area (Å²) in [6.07, 6.45) is 4.36. The fraction of sp³-hybridized carbons (Fsp3) is 0.615. The third kappa shape index (κ3) is 10.6. The van der Waals surface area contributed by atoms with E-state index < -0.39 is 29.1 Å². The lowest BCUT2D eigenvalue weighted by Gasteiger charge is -2.28. The van der Waals surface area contributed by atoms with Crippen LogP contribution in [-0.4, -0.2) is 48.5 Å².